The second-order valence-electron chi connectivity index (χ2n) is 9.09. The molecule has 5 atom stereocenters. The van der Waals surface area contributed by atoms with Crippen molar-refractivity contribution in [1.82, 2.24) is 5.32 Å². The van der Waals surface area contributed by atoms with E-state index in [1.807, 2.05) is 13.0 Å². The molecule has 2 aliphatic carbocycles. The Hall–Kier alpha value is -1.62. The normalized spacial score (nSPS) is 36.3. The molecule has 2 saturated carbocycles. The Bertz CT molecular complexity index is 749. The maximum atomic E-state index is 13.9. The summed E-state index contributed by atoms with van der Waals surface area (Å²) < 4.78 is 25.3. The minimum Gasteiger partial charge on any atom is -0.494 e. The van der Waals surface area contributed by atoms with E-state index in [0.717, 1.165) is 24.8 Å². The van der Waals surface area contributed by atoms with Gasteiger partial charge in [0.05, 0.1) is 13.2 Å². The largest absolute Gasteiger partial charge is 0.494 e. The van der Waals surface area contributed by atoms with E-state index >= 15 is 0 Å². The first-order chi connectivity index (χ1) is 12.8. The van der Waals surface area contributed by atoms with Crippen molar-refractivity contribution in [2.24, 2.45) is 22.7 Å². The zero-order chi connectivity index (χ0) is 19.4. The molecule has 2 bridgehead atoms. The van der Waals surface area contributed by atoms with Gasteiger partial charge in [0.2, 0.25) is 5.91 Å². The van der Waals surface area contributed by atoms with Crippen LogP contribution in [0.3, 0.4) is 0 Å². The third-order valence-electron chi connectivity index (χ3n) is 7.63. The second kappa shape index (κ2) is 6.47. The van der Waals surface area contributed by atoms with Crippen LogP contribution in [0.5, 0.6) is 5.75 Å². The third kappa shape index (κ3) is 2.69. The topological polar surface area (TPSA) is 47.6 Å². The second-order valence-corrected chi connectivity index (χ2v) is 9.09. The number of hydrogen-bond acceptors (Lipinski definition) is 3. The molecule has 148 valence electrons. The average Bonchev–Trinajstić information content (AvgIpc) is 3.14. The molecule has 1 amide bonds. The minimum atomic E-state index is -0.353. The maximum absolute atomic E-state index is 13.9. The van der Waals surface area contributed by atoms with Crippen molar-refractivity contribution in [3.63, 3.8) is 0 Å². The zero-order valence-electron chi connectivity index (χ0n) is 16.7. The SMILES string of the molecule is CCC(=O)N[C@H]1C(C)(C)[C@@H]2C[C@@H]3[C@@H](c4ccc(F)c(OC)c4)OCC[C@@]31C2. The molecule has 1 aromatic rings. The van der Waals surface area contributed by atoms with E-state index in [-0.39, 0.29) is 40.4 Å². The molecular formula is C22H30FNO3. The Labute approximate surface area is 160 Å². The first kappa shape index (κ1) is 18.7. The Morgan fingerprint density at radius 2 is 2.19 bits per heavy atom. The molecule has 3 aliphatic rings. The molecule has 1 saturated heterocycles. The van der Waals surface area contributed by atoms with Crippen LogP contribution in [-0.4, -0.2) is 25.7 Å². The van der Waals surface area contributed by atoms with Gasteiger partial charge in [0.1, 0.15) is 0 Å². The van der Waals surface area contributed by atoms with Gasteiger partial charge in [-0.25, -0.2) is 4.39 Å². The van der Waals surface area contributed by atoms with E-state index in [0.29, 0.717) is 24.9 Å². The fourth-order valence-electron chi connectivity index (χ4n) is 6.23. The van der Waals surface area contributed by atoms with Gasteiger partial charge in [0.15, 0.2) is 11.6 Å². The molecule has 3 fully saturated rings. The van der Waals surface area contributed by atoms with E-state index in [2.05, 4.69) is 19.2 Å². The predicted molar refractivity (Wildman–Crippen MR) is 101 cm³/mol. The Morgan fingerprint density at radius 3 is 2.89 bits per heavy atom. The first-order valence-corrected chi connectivity index (χ1v) is 10.1. The first-order valence-electron chi connectivity index (χ1n) is 10.1. The molecule has 27 heavy (non-hydrogen) atoms. The summed E-state index contributed by atoms with van der Waals surface area (Å²) in [5, 5.41) is 3.36. The summed E-state index contributed by atoms with van der Waals surface area (Å²) >= 11 is 0. The highest BCUT2D eigenvalue weighted by molar-refractivity contribution is 5.76. The summed E-state index contributed by atoms with van der Waals surface area (Å²) in [4.78, 5) is 12.3. The average molecular weight is 375 g/mol. The van der Waals surface area contributed by atoms with Gasteiger partial charge in [-0.1, -0.05) is 26.8 Å². The van der Waals surface area contributed by atoms with Crippen LogP contribution in [0.1, 0.15) is 58.1 Å². The molecule has 4 rings (SSSR count). The van der Waals surface area contributed by atoms with E-state index in [1.54, 1.807) is 6.07 Å². The molecule has 1 N–H and O–H groups in total. The van der Waals surface area contributed by atoms with Gasteiger partial charge in [0.25, 0.3) is 0 Å². The van der Waals surface area contributed by atoms with Crippen molar-refractivity contribution in [2.45, 2.75) is 58.6 Å². The molecule has 4 nitrogen and oxygen atoms in total. The number of hydrogen-bond donors (Lipinski definition) is 1. The summed E-state index contributed by atoms with van der Waals surface area (Å²) in [6, 6.07) is 5.22. The Kier molecular flexibility index (Phi) is 4.49. The van der Waals surface area contributed by atoms with Crippen LogP contribution in [0.25, 0.3) is 0 Å². The monoisotopic (exact) mass is 375 g/mol. The Morgan fingerprint density at radius 1 is 1.41 bits per heavy atom. The molecule has 0 radical (unpaired) electrons. The number of halogens is 1. The van der Waals surface area contributed by atoms with Crippen LogP contribution in [-0.2, 0) is 9.53 Å². The number of methoxy groups -OCH3 is 1. The summed E-state index contributed by atoms with van der Waals surface area (Å²) in [5.74, 6) is 0.932. The van der Waals surface area contributed by atoms with Crippen LogP contribution in [0.2, 0.25) is 0 Å². The van der Waals surface area contributed by atoms with Crippen molar-refractivity contribution >= 4 is 5.91 Å². The van der Waals surface area contributed by atoms with E-state index < -0.39 is 0 Å². The Balaban J connectivity index is 1.70. The predicted octanol–water partition coefficient (Wildman–Crippen LogP) is 4.24. The van der Waals surface area contributed by atoms with Crippen LogP contribution >= 0.6 is 0 Å². The lowest BCUT2D eigenvalue weighted by atomic mass is 9.59. The molecule has 1 heterocycles. The minimum absolute atomic E-state index is 0.0591. The number of fused-ring (bicyclic) bond motifs is 1. The highest BCUT2D eigenvalue weighted by Gasteiger charge is 2.68. The highest BCUT2D eigenvalue weighted by atomic mass is 19.1. The number of benzene rings is 1. The van der Waals surface area contributed by atoms with Gasteiger partial charge < -0.3 is 14.8 Å². The van der Waals surface area contributed by atoms with Gasteiger partial charge in [-0.05, 0) is 59.6 Å². The summed E-state index contributed by atoms with van der Waals surface area (Å²) in [7, 11) is 1.49. The standard InChI is InChI=1S/C22H30FNO3/c1-5-18(25)24-20-21(2,3)14-11-15-19(27-9-8-22(15,20)12-14)13-6-7-16(23)17(10-13)26-4/h6-7,10,14-15,19-20H,5,8-9,11-12H2,1-4H3,(H,24,25)/t14-,15-,19-,20+,22-/m1/s1. The van der Waals surface area contributed by atoms with Crippen molar-refractivity contribution < 1.29 is 18.7 Å². The number of carbonyl (C=O) groups excluding carboxylic acids is 1. The number of amides is 1. The number of rotatable bonds is 4. The maximum Gasteiger partial charge on any atom is 0.219 e. The van der Waals surface area contributed by atoms with Crippen molar-refractivity contribution in [2.75, 3.05) is 13.7 Å². The highest BCUT2D eigenvalue weighted by Crippen LogP contribution is 2.70. The fourth-order valence-corrected chi connectivity index (χ4v) is 6.23. The molecule has 1 spiro atoms. The van der Waals surface area contributed by atoms with Gasteiger partial charge in [0, 0.05) is 19.1 Å². The zero-order valence-corrected chi connectivity index (χ0v) is 16.7. The number of carbonyl (C=O) groups is 1. The lowest BCUT2D eigenvalue weighted by molar-refractivity contribution is -0.137. The number of ether oxygens (including phenoxy) is 2. The van der Waals surface area contributed by atoms with Crippen LogP contribution < -0.4 is 10.1 Å². The van der Waals surface area contributed by atoms with Crippen LogP contribution in [0, 0.1) is 28.5 Å². The van der Waals surface area contributed by atoms with Crippen molar-refractivity contribution in [3.8, 4) is 5.75 Å². The van der Waals surface area contributed by atoms with E-state index in [4.69, 9.17) is 9.47 Å². The third-order valence-corrected chi connectivity index (χ3v) is 7.63. The molecule has 5 heteroatoms. The smallest absolute Gasteiger partial charge is 0.219 e. The van der Waals surface area contributed by atoms with Gasteiger partial charge in [-0.15, -0.1) is 0 Å². The quantitative estimate of drug-likeness (QED) is 0.856. The molecule has 0 unspecified atom stereocenters. The van der Waals surface area contributed by atoms with Crippen molar-refractivity contribution in [1.29, 1.82) is 0 Å². The van der Waals surface area contributed by atoms with E-state index in [1.165, 1.54) is 13.2 Å². The molecule has 1 aromatic carbocycles. The summed E-state index contributed by atoms with van der Waals surface area (Å²) in [6.45, 7) is 7.17. The van der Waals surface area contributed by atoms with Gasteiger partial charge >= 0.3 is 0 Å². The van der Waals surface area contributed by atoms with E-state index in [9.17, 15) is 9.18 Å². The molecule has 0 aromatic heterocycles. The van der Waals surface area contributed by atoms with Gasteiger partial charge in [-0.3, -0.25) is 4.79 Å². The van der Waals surface area contributed by atoms with Crippen LogP contribution in [0.4, 0.5) is 4.39 Å². The lowest BCUT2D eigenvalue weighted by Gasteiger charge is -2.53. The lowest BCUT2D eigenvalue weighted by Crippen LogP contribution is -2.58. The fraction of sp³-hybridized carbons (Fsp3) is 0.682. The summed E-state index contributed by atoms with van der Waals surface area (Å²) in [5.41, 5.74) is 1.12. The van der Waals surface area contributed by atoms with Crippen molar-refractivity contribution in [3.05, 3.63) is 29.6 Å². The summed E-state index contributed by atoms with van der Waals surface area (Å²) in [6.07, 6.45) is 3.64. The molecule has 1 aliphatic heterocycles. The van der Waals surface area contributed by atoms with Crippen LogP contribution in [0.15, 0.2) is 18.2 Å². The number of nitrogens with one attached hydrogen (secondary N) is 1. The molecular weight excluding hydrogens is 345 g/mol. The van der Waals surface area contributed by atoms with Gasteiger partial charge in [-0.2, -0.15) is 0 Å².